The highest BCUT2D eigenvalue weighted by molar-refractivity contribution is 6.07. The Labute approximate surface area is 184 Å². The number of rotatable bonds is 8. The third-order valence-electron chi connectivity index (χ3n) is 5.64. The Morgan fingerprint density at radius 2 is 1.58 bits per heavy atom. The van der Waals surface area contributed by atoms with E-state index in [1.165, 1.54) is 11.1 Å². The maximum Gasteiger partial charge on any atom is 0.252 e. The summed E-state index contributed by atoms with van der Waals surface area (Å²) in [7, 11) is 0. The average Bonchev–Trinajstić information content (AvgIpc) is 2.83. The number of fused-ring (bicyclic) bond motifs is 1. The molecule has 1 heterocycles. The molecule has 1 amide bonds. The third-order valence-corrected chi connectivity index (χ3v) is 5.64. The van der Waals surface area contributed by atoms with Crippen LogP contribution in [-0.2, 0) is 12.8 Å². The number of hydrogen-bond acceptors (Lipinski definition) is 2. The molecule has 0 aliphatic carbocycles. The highest BCUT2D eigenvalue weighted by Gasteiger charge is 2.13. The molecule has 0 fully saturated rings. The number of benzene rings is 3. The molecule has 4 aromatic rings. The van der Waals surface area contributed by atoms with Gasteiger partial charge in [0.05, 0.1) is 16.8 Å². The van der Waals surface area contributed by atoms with E-state index in [9.17, 15) is 4.79 Å². The molecule has 0 bridgehead atoms. The van der Waals surface area contributed by atoms with E-state index in [-0.39, 0.29) is 5.91 Å². The maximum absolute atomic E-state index is 13.0. The summed E-state index contributed by atoms with van der Waals surface area (Å²) < 4.78 is 0. The highest BCUT2D eigenvalue weighted by Crippen LogP contribution is 2.25. The van der Waals surface area contributed by atoms with Gasteiger partial charge in [0.15, 0.2) is 0 Å². The van der Waals surface area contributed by atoms with E-state index in [2.05, 4.69) is 60.8 Å². The summed E-state index contributed by atoms with van der Waals surface area (Å²) in [5.74, 6) is -0.0373. The van der Waals surface area contributed by atoms with E-state index in [0.717, 1.165) is 47.8 Å². The van der Waals surface area contributed by atoms with Crippen LogP contribution in [0, 0.1) is 0 Å². The number of carbonyl (C=O) groups excluding carboxylic acids is 1. The minimum Gasteiger partial charge on any atom is -0.352 e. The standard InChI is InChI=1S/C28H28N2O/c1-2-21-15-17-23(18-16-21)27-20-25(24-13-6-7-14-26(24)30-27)28(31)29-19-9-8-12-22-10-4-3-5-11-22/h3-7,10-11,13-18,20H,2,8-9,12,19H2,1H3,(H,29,31). The van der Waals surface area contributed by atoms with Gasteiger partial charge in [-0.3, -0.25) is 4.79 Å². The fourth-order valence-corrected chi connectivity index (χ4v) is 3.82. The number of nitrogens with one attached hydrogen (secondary N) is 1. The second-order valence-corrected chi connectivity index (χ2v) is 7.82. The van der Waals surface area contributed by atoms with Crippen LogP contribution in [0.25, 0.3) is 22.2 Å². The molecule has 1 aromatic heterocycles. The molecule has 0 aliphatic heterocycles. The average molecular weight is 409 g/mol. The van der Waals surface area contributed by atoms with Crippen molar-refractivity contribution in [1.29, 1.82) is 0 Å². The van der Waals surface area contributed by atoms with Crippen molar-refractivity contribution in [2.75, 3.05) is 6.54 Å². The van der Waals surface area contributed by atoms with Gasteiger partial charge in [-0.1, -0.05) is 79.7 Å². The summed E-state index contributed by atoms with van der Waals surface area (Å²) >= 11 is 0. The Kier molecular flexibility index (Phi) is 6.73. The van der Waals surface area contributed by atoms with Crippen molar-refractivity contribution >= 4 is 16.8 Å². The van der Waals surface area contributed by atoms with Gasteiger partial charge in [0.25, 0.3) is 5.91 Å². The van der Waals surface area contributed by atoms with Gasteiger partial charge in [-0.25, -0.2) is 4.98 Å². The molecule has 3 heteroatoms. The van der Waals surface area contributed by atoms with Crippen molar-refractivity contribution in [3.63, 3.8) is 0 Å². The number of para-hydroxylation sites is 1. The number of aryl methyl sites for hydroxylation is 2. The van der Waals surface area contributed by atoms with Crippen molar-refractivity contribution in [2.45, 2.75) is 32.6 Å². The Morgan fingerprint density at radius 3 is 2.35 bits per heavy atom. The molecule has 0 spiro atoms. The van der Waals surface area contributed by atoms with Crippen LogP contribution >= 0.6 is 0 Å². The van der Waals surface area contributed by atoms with Gasteiger partial charge in [0, 0.05) is 17.5 Å². The maximum atomic E-state index is 13.0. The lowest BCUT2D eigenvalue weighted by atomic mass is 10.0. The van der Waals surface area contributed by atoms with Crippen LogP contribution in [0.1, 0.15) is 41.3 Å². The van der Waals surface area contributed by atoms with Crippen molar-refractivity contribution < 1.29 is 4.79 Å². The molecule has 0 saturated heterocycles. The Balaban J connectivity index is 1.48. The zero-order valence-electron chi connectivity index (χ0n) is 18.0. The number of nitrogens with zero attached hydrogens (tertiary/aromatic N) is 1. The summed E-state index contributed by atoms with van der Waals surface area (Å²) in [5, 5.41) is 3.99. The normalized spacial score (nSPS) is 10.9. The van der Waals surface area contributed by atoms with Gasteiger partial charge in [0.1, 0.15) is 0 Å². The van der Waals surface area contributed by atoms with Gasteiger partial charge < -0.3 is 5.32 Å². The van der Waals surface area contributed by atoms with Crippen molar-refractivity contribution in [3.8, 4) is 11.3 Å². The van der Waals surface area contributed by atoms with Crippen molar-refractivity contribution in [2.24, 2.45) is 0 Å². The van der Waals surface area contributed by atoms with E-state index < -0.39 is 0 Å². The van der Waals surface area contributed by atoms with E-state index in [4.69, 9.17) is 4.98 Å². The molecule has 1 N–H and O–H groups in total. The second-order valence-electron chi connectivity index (χ2n) is 7.82. The molecule has 0 radical (unpaired) electrons. The fraction of sp³-hybridized carbons (Fsp3) is 0.214. The summed E-state index contributed by atoms with van der Waals surface area (Å²) in [6.07, 6.45) is 4.04. The Bertz CT molecular complexity index is 1150. The van der Waals surface area contributed by atoms with Crippen LogP contribution < -0.4 is 5.32 Å². The molecule has 0 aliphatic rings. The van der Waals surface area contributed by atoms with Crippen molar-refractivity contribution in [1.82, 2.24) is 10.3 Å². The lowest BCUT2D eigenvalue weighted by Crippen LogP contribution is -2.25. The van der Waals surface area contributed by atoms with Crippen LogP contribution in [0.5, 0.6) is 0 Å². The van der Waals surface area contributed by atoms with Crippen LogP contribution in [0.3, 0.4) is 0 Å². The smallest absolute Gasteiger partial charge is 0.252 e. The number of aromatic nitrogens is 1. The molecule has 3 aromatic carbocycles. The summed E-state index contributed by atoms with van der Waals surface area (Å²) in [5.41, 5.74) is 6.01. The number of amides is 1. The van der Waals surface area contributed by atoms with E-state index in [1.807, 2.05) is 36.4 Å². The van der Waals surface area contributed by atoms with Gasteiger partial charge in [-0.05, 0) is 48.9 Å². The first-order valence-electron chi connectivity index (χ1n) is 11.1. The van der Waals surface area contributed by atoms with Gasteiger partial charge >= 0.3 is 0 Å². The number of pyridine rings is 1. The molecule has 156 valence electrons. The van der Waals surface area contributed by atoms with Gasteiger partial charge in [0.2, 0.25) is 0 Å². The molecule has 3 nitrogen and oxygen atoms in total. The molecular weight excluding hydrogens is 380 g/mol. The second kappa shape index (κ2) is 10.0. The largest absolute Gasteiger partial charge is 0.352 e. The van der Waals surface area contributed by atoms with Crippen molar-refractivity contribution in [3.05, 3.63) is 102 Å². The predicted molar refractivity (Wildman–Crippen MR) is 128 cm³/mol. The lowest BCUT2D eigenvalue weighted by Gasteiger charge is -2.11. The number of carbonyl (C=O) groups is 1. The van der Waals surface area contributed by atoms with Gasteiger partial charge in [-0.15, -0.1) is 0 Å². The molecule has 0 saturated carbocycles. The third kappa shape index (κ3) is 5.18. The monoisotopic (exact) mass is 408 g/mol. The van der Waals surface area contributed by atoms with Crippen LogP contribution in [0.2, 0.25) is 0 Å². The summed E-state index contributed by atoms with van der Waals surface area (Å²) in [6.45, 7) is 2.81. The number of unbranched alkanes of at least 4 members (excludes halogenated alkanes) is 1. The van der Waals surface area contributed by atoms with Crippen LogP contribution in [-0.4, -0.2) is 17.4 Å². The first-order chi connectivity index (χ1) is 15.2. The summed E-state index contributed by atoms with van der Waals surface area (Å²) in [6, 6.07) is 28.7. The highest BCUT2D eigenvalue weighted by atomic mass is 16.1. The summed E-state index contributed by atoms with van der Waals surface area (Å²) in [4.78, 5) is 17.8. The molecular formula is C28H28N2O. The molecule has 4 rings (SSSR count). The topological polar surface area (TPSA) is 42.0 Å². The molecule has 31 heavy (non-hydrogen) atoms. The number of hydrogen-bond donors (Lipinski definition) is 1. The quantitative estimate of drug-likeness (QED) is 0.352. The first-order valence-corrected chi connectivity index (χ1v) is 11.1. The Morgan fingerprint density at radius 1 is 0.839 bits per heavy atom. The van der Waals surface area contributed by atoms with E-state index in [1.54, 1.807) is 0 Å². The first kappa shape index (κ1) is 20.8. The van der Waals surface area contributed by atoms with E-state index >= 15 is 0 Å². The minimum absolute atomic E-state index is 0.0373. The van der Waals surface area contributed by atoms with E-state index in [0.29, 0.717) is 12.1 Å². The minimum atomic E-state index is -0.0373. The zero-order chi connectivity index (χ0) is 21.5. The van der Waals surface area contributed by atoms with Gasteiger partial charge in [-0.2, -0.15) is 0 Å². The fourth-order valence-electron chi connectivity index (χ4n) is 3.82. The van der Waals surface area contributed by atoms with Crippen LogP contribution in [0.15, 0.2) is 84.9 Å². The Hall–Kier alpha value is -3.46. The predicted octanol–water partition coefficient (Wildman–Crippen LogP) is 6.22. The zero-order valence-corrected chi connectivity index (χ0v) is 18.0. The van der Waals surface area contributed by atoms with Crippen LogP contribution in [0.4, 0.5) is 0 Å². The molecule has 0 atom stereocenters. The SMILES string of the molecule is CCc1ccc(-c2cc(C(=O)NCCCCc3ccccc3)c3ccccc3n2)cc1. The lowest BCUT2D eigenvalue weighted by molar-refractivity contribution is 0.0954. The molecule has 0 unspecified atom stereocenters.